The Morgan fingerprint density at radius 2 is 1.91 bits per heavy atom. The number of hydrogen-bond acceptors (Lipinski definition) is 12. The first-order valence-electron chi connectivity index (χ1n) is 14.0. The molecular weight excluding hydrogens is 619 g/mol. The van der Waals surface area contributed by atoms with E-state index in [2.05, 4.69) is 9.97 Å². The number of ether oxygens (including phenoxy) is 3. The van der Waals surface area contributed by atoms with Crippen LogP contribution in [0.3, 0.4) is 0 Å². The van der Waals surface area contributed by atoms with Crippen LogP contribution >= 0.6 is 23.1 Å². The monoisotopic (exact) mass is 647 g/mol. The van der Waals surface area contributed by atoms with E-state index in [9.17, 15) is 19.7 Å². The van der Waals surface area contributed by atoms with Gasteiger partial charge in [0.2, 0.25) is 0 Å². The average molecular weight is 648 g/mol. The lowest BCUT2D eigenvalue weighted by Crippen LogP contribution is -2.40. The second kappa shape index (κ2) is 13.9. The molecular formula is C31H29N5O7S2. The number of nitro groups is 1. The van der Waals surface area contributed by atoms with Gasteiger partial charge < -0.3 is 14.2 Å². The summed E-state index contributed by atoms with van der Waals surface area (Å²) >= 11 is 2.34. The van der Waals surface area contributed by atoms with Crippen LogP contribution in [0.25, 0.3) is 6.08 Å². The number of aromatic nitrogens is 3. The minimum Gasteiger partial charge on any atom is -0.497 e. The Hall–Kier alpha value is -4.82. The zero-order chi connectivity index (χ0) is 32.1. The molecule has 5 rings (SSSR count). The Morgan fingerprint density at radius 3 is 2.58 bits per heavy atom. The third kappa shape index (κ3) is 6.51. The van der Waals surface area contributed by atoms with Crippen molar-refractivity contribution in [3.8, 4) is 11.5 Å². The van der Waals surface area contributed by atoms with E-state index in [1.807, 2.05) is 6.92 Å². The number of rotatable bonds is 11. The van der Waals surface area contributed by atoms with Crippen LogP contribution in [-0.4, -0.2) is 46.3 Å². The van der Waals surface area contributed by atoms with Crippen LogP contribution in [0.4, 0.5) is 5.69 Å². The van der Waals surface area contributed by atoms with Crippen molar-refractivity contribution in [1.29, 1.82) is 0 Å². The van der Waals surface area contributed by atoms with Gasteiger partial charge in [-0.2, -0.15) is 0 Å². The van der Waals surface area contributed by atoms with Gasteiger partial charge in [0.1, 0.15) is 17.5 Å². The number of nitro benzene ring substituents is 1. The predicted octanol–water partition coefficient (Wildman–Crippen LogP) is 4.45. The van der Waals surface area contributed by atoms with Gasteiger partial charge >= 0.3 is 5.97 Å². The van der Waals surface area contributed by atoms with Gasteiger partial charge in [0.15, 0.2) is 9.96 Å². The topological polar surface area (TPSA) is 148 Å². The zero-order valence-corrected chi connectivity index (χ0v) is 26.5. The van der Waals surface area contributed by atoms with Gasteiger partial charge in [0.05, 0.1) is 41.6 Å². The van der Waals surface area contributed by atoms with Gasteiger partial charge in [-0.3, -0.25) is 19.5 Å². The lowest BCUT2D eigenvalue weighted by Gasteiger charge is -2.27. The lowest BCUT2D eigenvalue weighted by molar-refractivity contribution is -0.384. The molecule has 1 atom stereocenters. The number of allylic oxidation sites excluding steroid dienone is 1. The van der Waals surface area contributed by atoms with Crippen molar-refractivity contribution in [1.82, 2.24) is 14.5 Å². The molecule has 232 valence electrons. The van der Waals surface area contributed by atoms with Crippen molar-refractivity contribution in [3.63, 3.8) is 0 Å². The molecule has 0 aliphatic carbocycles. The predicted molar refractivity (Wildman–Crippen MR) is 168 cm³/mol. The van der Waals surface area contributed by atoms with Crippen molar-refractivity contribution >= 4 is 40.8 Å². The van der Waals surface area contributed by atoms with Gasteiger partial charge in [-0.05, 0) is 67.1 Å². The smallest absolute Gasteiger partial charge is 0.338 e. The molecule has 0 radical (unpaired) electrons. The number of thiazole rings is 1. The van der Waals surface area contributed by atoms with Gasteiger partial charge in [0, 0.05) is 35.0 Å². The number of non-ortho nitro benzene ring substituents is 1. The maximum absolute atomic E-state index is 14.3. The number of benzene rings is 2. The van der Waals surface area contributed by atoms with E-state index in [0.29, 0.717) is 56.0 Å². The fourth-order valence-corrected chi connectivity index (χ4v) is 6.71. The van der Waals surface area contributed by atoms with E-state index in [4.69, 9.17) is 19.2 Å². The third-order valence-corrected chi connectivity index (χ3v) is 8.83. The molecule has 1 aliphatic heterocycles. The molecule has 0 unspecified atom stereocenters. The molecule has 0 bridgehead atoms. The second-order valence-corrected chi connectivity index (χ2v) is 11.7. The summed E-state index contributed by atoms with van der Waals surface area (Å²) in [7, 11) is 3.03. The molecule has 0 spiro atoms. The summed E-state index contributed by atoms with van der Waals surface area (Å²) in [4.78, 5) is 53.3. The van der Waals surface area contributed by atoms with E-state index in [1.165, 1.54) is 42.7 Å². The number of methoxy groups -OCH3 is 2. The van der Waals surface area contributed by atoms with Crippen LogP contribution in [0.5, 0.6) is 11.5 Å². The molecule has 12 nitrogen and oxygen atoms in total. The van der Waals surface area contributed by atoms with Crippen molar-refractivity contribution in [2.24, 2.45) is 4.99 Å². The third-order valence-electron chi connectivity index (χ3n) is 6.86. The number of carbonyl (C=O) groups is 1. The molecule has 0 saturated heterocycles. The highest BCUT2D eigenvalue weighted by Gasteiger charge is 2.36. The Bertz CT molecular complexity index is 1970. The maximum Gasteiger partial charge on any atom is 0.338 e. The maximum atomic E-state index is 14.3. The summed E-state index contributed by atoms with van der Waals surface area (Å²) in [5, 5.41) is 12.1. The highest BCUT2D eigenvalue weighted by molar-refractivity contribution is 7.99. The number of fused-ring (bicyclic) bond motifs is 1. The summed E-state index contributed by atoms with van der Waals surface area (Å²) in [6, 6.07) is 10.3. The van der Waals surface area contributed by atoms with Crippen LogP contribution in [0.15, 0.2) is 86.0 Å². The molecule has 0 fully saturated rings. The Balaban J connectivity index is 1.79. The molecule has 1 aliphatic rings. The highest BCUT2D eigenvalue weighted by atomic mass is 32.2. The summed E-state index contributed by atoms with van der Waals surface area (Å²) in [5.41, 5.74) is 1.11. The Kier molecular flexibility index (Phi) is 9.74. The molecule has 45 heavy (non-hydrogen) atoms. The Morgan fingerprint density at radius 1 is 1.13 bits per heavy atom. The fourth-order valence-electron chi connectivity index (χ4n) is 4.90. The summed E-state index contributed by atoms with van der Waals surface area (Å²) in [6.07, 6.45) is 5.94. The molecule has 0 amide bonds. The number of nitrogens with zero attached hydrogens (tertiary/aromatic N) is 5. The number of hydrogen-bond donors (Lipinski definition) is 0. The van der Waals surface area contributed by atoms with E-state index in [-0.39, 0.29) is 22.4 Å². The molecule has 14 heteroatoms. The first kappa shape index (κ1) is 31.6. The van der Waals surface area contributed by atoms with Crippen LogP contribution in [0, 0.1) is 10.1 Å². The van der Waals surface area contributed by atoms with Crippen LogP contribution in [0.2, 0.25) is 0 Å². The summed E-state index contributed by atoms with van der Waals surface area (Å²) in [6.45, 7) is 3.82. The minimum absolute atomic E-state index is 0.131. The van der Waals surface area contributed by atoms with E-state index < -0.39 is 22.5 Å². The van der Waals surface area contributed by atoms with Crippen molar-refractivity contribution in [3.05, 3.63) is 107 Å². The second-order valence-electron chi connectivity index (χ2n) is 9.63. The zero-order valence-electron chi connectivity index (χ0n) is 24.9. The molecule has 0 saturated carbocycles. The lowest BCUT2D eigenvalue weighted by atomic mass is 9.93. The van der Waals surface area contributed by atoms with E-state index >= 15 is 0 Å². The summed E-state index contributed by atoms with van der Waals surface area (Å²) in [5.74, 6) is 0.357. The molecule has 0 N–H and O–H groups in total. The van der Waals surface area contributed by atoms with Crippen molar-refractivity contribution in [2.75, 3.05) is 20.8 Å². The first-order valence-corrected chi connectivity index (χ1v) is 15.6. The molecule has 2 aromatic carbocycles. The van der Waals surface area contributed by atoms with Crippen LogP contribution in [0.1, 0.15) is 43.9 Å². The standard InChI is InChI=1S/C31H29N5O7S2/c1-5-8-22-26(29(38)43-6-2)27(21-17-20(41-3)10-11-23(21)42-4)35-28(37)25(45-31(35)34-22)16-18-15-19(36(39)40)9-12-24(18)44-30-32-13-7-14-33-30/h7,9-17,27H,5-6,8H2,1-4H3/b25-16-/t27-/m0/s1. The summed E-state index contributed by atoms with van der Waals surface area (Å²) < 4.78 is 18.4. The SMILES string of the molecule is CCCC1=C(C(=O)OCC)[C@H](c2cc(OC)ccc2OC)n2c(s/c(=C\c3cc([N+](=O)[O-])ccc3Sc3ncccn3)c2=O)=N1. The fraction of sp³-hybridized carbons (Fsp3) is 0.258. The normalized spacial score (nSPS) is 14.5. The minimum atomic E-state index is -0.939. The highest BCUT2D eigenvalue weighted by Crippen LogP contribution is 2.39. The number of esters is 1. The van der Waals surface area contributed by atoms with Gasteiger partial charge in [0.25, 0.3) is 11.2 Å². The first-order chi connectivity index (χ1) is 21.8. The van der Waals surface area contributed by atoms with Crippen molar-refractivity contribution < 1.29 is 23.9 Å². The quantitative estimate of drug-likeness (QED) is 0.0990. The molecule has 4 aromatic rings. The van der Waals surface area contributed by atoms with E-state index in [0.717, 1.165) is 11.3 Å². The van der Waals surface area contributed by atoms with Crippen LogP contribution < -0.4 is 24.4 Å². The average Bonchev–Trinajstić information content (AvgIpc) is 3.35. The molecule has 2 aromatic heterocycles. The van der Waals surface area contributed by atoms with Crippen LogP contribution in [-0.2, 0) is 9.53 Å². The van der Waals surface area contributed by atoms with Gasteiger partial charge in [-0.25, -0.2) is 19.8 Å². The van der Waals surface area contributed by atoms with Gasteiger partial charge in [-0.15, -0.1) is 0 Å². The van der Waals surface area contributed by atoms with Gasteiger partial charge in [-0.1, -0.05) is 24.7 Å². The largest absolute Gasteiger partial charge is 0.497 e. The van der Waals surface area contributed by atoms with Crippen molar-refractivity contribution in [2.45, 2.75) is 42.8 Å². The molecule has 3 heterocycles. The van der Waals surface area contributed by atoms with E-state index in [1.54, 1.807) is 55.7 Å². The Labute approximate surface area is 265 Å². The number of carbonyl (C=O) groups excluding carboxylic acids is 1.